The third-order valence-corrected chi connectivity index (χ3v) is 2.39. The van der Waals surface area contributed by atoms with Gasteiger partial charge in [-0.05, 0) is 32.1 Å². The van der Waals surface area contributed by atoms with Crippen LogP contribution < -0.4 is 0 Å². The quantitative estimate of drug-likeness (QED) is 0.551. The van der Waals surface area contributed by atoms with E-state index in [1.54, 1.807) is 0 Å². The fourth-order valence-corrected chi connectivity index (χ4v) is 1.53. The van der Waals surface area contributed by atoms with Crippen LogP contribution in [-0.4, -0.2) is 4.87 Å². The molecule has 0 aromatic carbocycles. The molecule has 0 aliphatic carbocycles. The molecule has 1 atom stereocenters. The zero-order valence-electron chi connectivity index (χ0n) is 8.28. The minimum absolute atomic E-state index is 0.0546. The van der Waals surface area contributed by atoms with Gasteiger partial charge in [0.2, 0.25) is 0 Å². The van der Waals surface area contributed by atoms with Gasteiger partial charge in [0.15, 0.2) is 0 Å². The molecule has 11 heavy (non-hydrogen) atoms. The van der Waals surface area contributed by atoms with Crippen molar-refractivity contribution < 1.29 is 0 Å². The molecule has 1 unspecified atom stereocenters. The van der Waals surface area contributed by atoms with Gasteiger partial charge in [0.25, 0.3) is 0 Å². The number of hydrogen-bond donors (Lipinski definition) is 0. The van der Waals surface area contributed by atoms with Crippen LogP contribution in [0.3, 0.4) is 0 Å². The summed E-state index contributed by atoms with van der Waals surface area (Å²) in [5.74, 6) is 0.782. The first-order chi connectivity index (χ1) is 4.98. The second-order valence-electron chi connectivity index (χ2n) is 4.10. The summed E-state index contributed by atoms with van der Waals surface area (Å²) in [4.78, 5) is 0.0546. The molecular formula is C10H21Cl. The monoisotopic (exact) mass is 176 g/mol. The summed E-state index contributed by atoms with van der Waals surface area (Å²) in [6, 6.07) is 0. The minimum atomic E-state index is 0.0546. The van der Waals surface area contributed by atoms with Gasteiger partial charge in [-0.25, -0.2) is 0 Å². The van der Waals surface area contributed by atoms with Crippen molar-refractivity contribution in [3.05, 3.63) is 0 Å². The van der Waals surface area contributed by atoms with E-state index in [1.165, 1.54) is 12.8 Å². The molecule has 0 saturated heterocycles. The average Bonchev–Trinajstić information content (AvgIpc) is 1.84. The maximum atomic E-state index is 6.28. The molecule has 68 valence electrons. The summed E-state index contributed by atoms with van der Waals surface area (Å²) >= 11 is 6.28. The zero-order valence-corrected chi connectivity index (χ0v) is 9.04. The molecule has 0 radical (unpaired) electrons. The van der Waals surface area contributed by atoms with Gasteiger partial charge in [-0.2, -0.15) is 0 Å². The number of alkyl halides is 1. The van der Waals surface area contributed by atoms with Gasteiger partial charge < -0.3 is 0 Å². The van der Waals surface area contributed by atoms with Crippen LogP contribution in [0.2, 0.25) is 0 Å². The lowest BCUT2D eigenvalue weighted by Gasteiger charge is -2.21. The molecule has 0 amide bonds. The van der Waals surface area contributed by atoms with Crippen molar-refractivity contribution in [2.45, 2.75) is 58.3 Å². The molecular weight excluding hydrogens is 156 g/mol. The molecule has 0 nitrogen and oxygen atoms in total. The van der Waals surface area contributed by atoms with Crippen LogP contribution in [0, 0.1) is 5.92 Å². The average molecular weight is 177 g/mol. The van der Waals surface area contributed by atoms with Crippen LogP contribution in [0.25, 0.3) is 0 Å². The highest BCUT2D eigenvalue weighted by Crippen LogP contribution is 2.28. The SMILES string of the molecule is CCCC(C)(Cl)CCC(C)C. The minimum Gasteiger partial charge on any atom is -0.120 e. The summed E-state index contributed by atoms with van der Waals surface area (Å²) in [7, 11) is 0. The summed E-state index contributed by atoms with van der Waals surface area (Å²) < 4.78 is 0. The summed E-state index contributed by atoms with van der Waals surface area (Å²) in [5.41, 5.74) is 0. The first-order valence-corrected chi connectivity index (χ1v) is 5.04. The first-order valence-electron chi connectivity index (χ1n) is 4.67. The van der Waals surface area contributed by atoms with E-state index in [-0.39, 0.29) is 4.87 Å². The van der Waals surface area contributed by atoms with Crippen LogP contribution >= 0.6 is 11.6 Å². The number of rotatable bonds is 5. The summed E-state index contributed by atoms with van der Waals surface area (Å²) in [6.07, 6.45) is 4.74. The van der Waals surface area contributed by atoms with Crippen molar-refractivity contribution in [2.75, 3.05) is 0 Å². The molecule has 0 saturated carbocycles. The van der Waals surface area contributed by atoms with Gasteiger partial charge in [-0.15, -0.1) is 11.6 Å². The Balaban J connectivity index is 3.54. The van der Waals surface area contributed by atoms with Gasteiger partial charge in [0.1, 0.15) is 0 Å². The molecule has 0 heterocycles. The van der Waals surface area contributed by atoms with E-state index in [0.29, 0.717) is 0 Å². The standard InChI is InChI=1S/C10H21Cl/c1-5-7-10(4,11)8-6-9(2)3/h9H,5-8H2,1-4H3. The third-order valence-electron chi connectivity index (χ3n) is 2.01. The molecule has 0 N–H and O–H groups in total. The van der Waals surface area contributed by atoms with Crippen molar-refractivity contribution in [1.29, 1.82) is 0 Å². The van der Waals surface area contributed by atoms with Crippen LogP contribution in [0.4, 0.5) is 0 Å². The van der Waals surface area contributed by atoms with E-state index in [2.05, 4.69) is 27.7 Å². The summed E-state index contributed by atoms with van der Waals surface area (Å²) in [6.45, 7) is 8.84. The Bertz CT molecular complexity index is 95.0. The molecule has 0 aromatic rings. The van der Waals surface area contributed by atoms with Crippen molar-refractivity contribution in [3.8, 4) is 0 Å². The van der Waals surface area contributed by atoms with Crippen LogP contribution in [0.15, 0.2) is 0 Å². The van der Waals surface area contributed by atoms with E-state index in [9.17, 15) is 0 Å². The molecule has 0 spiro atoms. The molecule has 0 rings (SSSR count). The molecule has 1 heteroatoms. The maximum absolute atomic E-state index is 6.28. The van der Waals surface area contributed by atoms with Crippen molar-refractivity contribution in [3.63, 3.8) is 0 Å². The van der Waals surface area contributed by atoms with Crippen molar-refractivity contribution in [1.82, 2.24) is 0 Å². The van der Waals surface area contributed by atoms with Crippen LogP contribution in [-0.2, 0) is 0 Å². The molecule has 0 aliphatic heterocycles. The van der Waals surface area contributed by atoms with E-state index in [4.69, 9.17) is 11.6 Å². The van der Waals surface area contributed by atoms with Gasteiger partial charge in [-0.3, -0.25) is 0 Å². The first kappa shape index (κ1) is 11.3. The predicted molar refractivity (Wildman–Crippen MR) is 53.2 cm³/mol. The highest BCUT2D eigenvalue weighted by molar-refractivity contribution is 6.23. The normalized spacial score (nSPS) is 16.9. The lowest BCUT2D eigenvalue weighted by Crippen LogP contribution is -2.16. The Hall–Kier alpha value is 0.290. The molecule has 0 aliphatic rings. The van der Waals surface area contributed by atoms with Crippen LogP contribution in [0.1, 0.15) is 53.4 Å². The Kier molecular flexibility index (Phi) is 5.16. The van der Waals surface area contributed by atoms with Crippen LogP contribution in [0.5, 0.6) is 0 Å². The second kappa shape index (κ2) is 5.03. The van der Waals surface area contributed by atoms with E-state index in [0.717, 1.165) is 18.8 Å². The zero-order chi connectivity index (χ0) is 8.91. The van der Waals surface area contributed by atoms with Crippen molar-refractivity contribution in [2.24, 2.45) is 5.92 Å². The maximum Gasteiger partial charge on any atom is 0.0418 e. The van der Waals surface area contributed by atoms with Gasteiger partial charge >= 0.3 is 0 Å². The lowest BCUT2D eigenvalue weighted by molar-refractivity contribution is 0.452. The predicted octanol–water partition coefficient (Wildman–Crippen LogP) is 4.22. The molecule has 0 bridgehead atoms. The fourth-order valence-electron chi connectivity index (χ4n) is 1.24. The van der Waals surface area contributed by atoms with Gasteiger partial charge in [-0.1, -0.05) is 27.2 Å². The fraction of sp³-hybridized carbons (Fsp3) is 1.00. The third kappa shape index (κ3) is 6.68. The Morgan fingerprint density at radius 2 is 1.82 bits per heavy atom. The van der Waals surface area contributed by atoms with E-state index < -0.39 is 0 Å². The Morgan fingerprint density at radius 1 is 1.27 bits per heavy atom. The highest BCUT2D eigenvalue weighted by atomic mass is 35.5. The van der Waals surface area contributed by atoms with E-state index >= 15 is 0 Å². The molecule has 0 fully saturated rings. The number of halogens is 1. The smallest absolute Gasteiger partial charge is 0.0418 e. The topological polar surface area (TPSA) is 0 Å². The van der Waals surface area contributed by atoms with E-state index in [1.807, 2.05) is 0 Å². The number of hydrogen-bond acceptors (Lipinski definition) is 0. The molecule has 0 aromatic heterocycles. The van der Waals surface area contributed by atoms with Gasteiger partial charge in [0, 0.05) is 4.87 Å². The Morgan fingerprint density at radius 3 is 2.18 bits per heavy atom. The largest absolute Gasteiger partial charge is 0.120 e. The highest BCUT2D eigenvalue weighted by Gasteiger charge is 2.19. The van der Waals surface area contributed by atoms with Gasteiger partial charge in [0.05, 0.1) is 0 Å². The van der Waals surface area contributed by atoms with Crippen molar-refractivity contribution >= 4 is 11.6 Å². The Labute approximate surface area is 76.3 Å². The lowest BCUT2D eigenvalue weighted by atomic mass is 9.95. The summed E-state index contributed by atoms with van der Waals surface area (Å²) in [5, 5.41) is 0. The second-order valence-corrected chi connectivity index (χ2v) is 5.01.